The first-order valence-electron chi connectivity index (χ1n) is 9.23. The molecule has 0 aliphatic carbocycles. The molecule has 128 valence electrons. The van der Waals surface area contributed by atoms with Crippen molar-refractivity contribution in [2.75, 3.05) is 24.5 Å². The maximum Gasteiger partial charge on any atom is 0.222 e. The molecular formula is C20H32N2O. The molecule has 1 amide bonds. The van der Waals surface area contributed by atoms with Crippen molar-refractivity contribution in [3.63, 3.8) is 0 Å². The topological polar surface area (TPSA) is 23.6 Å². The number of hydrogen-bond acceptors (Lipinski definition) is 2. The average Bonchev–Trinajstić information content (AvgIpc) is 2.55. The summed E-state index contributed by atoms with van der Waals surface area (Å²) in [4.78, 5) is 16.9. The maximum absolute atomic E-state index is 12.4. The molecule has 2 rings (SSSR count). The fraction of sp³-hybridized carbons (Fsp3) is 0.650. The van der Waals surface area contributed by atoms with Gasteiger partial charge in [-0.15, -0.1) is 0 Å². The first-order valence-corrected chi connectivity index (χ1v) is 9.23. The minimum Gasteiger partial charge on any atom is -0.365 e. The van der Waals surface area contributed by atoms with Crippen LogP contribution in [0.2, 0.25) is 0 Å². The summed E-state index contributed by atoms with van der Waals surface area (Å²) in [5.74, 6) is 0.344. The van der Waals surface area contributed by atoms with Gasteiger partial charge >= 0.3 is 0 Å². The average molecular weight is 316 g/mol. The normalized spacial score (nSPS) is 18.3. The predicted molar refractivity (Wildman–Crippen MR) is 97.9 cm³/mol. The molecule has 23 heavy (non-hydrogen) atoms. The zero-order chi connectivity index (χ0) is 16.7. The number of benzene rings is 1. The smallest absolute Gasteiger partial charge is 0.222 e. The van der Waals surface area contributed by atoms with E-state index in [9.17, 15) is 4.79 Å². The third-order valence-electron chi connectivity index (χ3n) is 4.84. The molecule has 0 N–H and O–H groups in total. The molecule has 0 bridgehead atoms. The Morgan fingerprint density at radius 2 is 1.78 bits per heavy atom. The van der Waals surface area contributed by atoms with Gasteiger partial charge in [-0.3, -0.25) is 4.79 Å². The number of carbonyl (C=O) groups excluding carboxylic acids is 1. The molecule has 1 aliphatic heterocycles. The lowest BCUT2D eigenvalue weighted by atomic mass is 10.1. The summed E-state index contributed by atoms with van der Waals surface area (Å²) in [6, 6.07) is 9.09. The van der Waals surface area contributed by atoms with Gasteiger partial charge < -0.3 is 9.80 Å². The van der Waals surface area contributed by atoms with Crippen LogP contribution in [0.4, 0.5) is 5.69 Å². The van der Waals surface area contributed by atoms with Gasteiger partial charge in [-0.05, 0) is 32.4 Å². The van der Waals surface area contributed by atoms with E-state index in [1.807, 2.05) is 0 Å². The molecule has 1 aromatic rings. The Bertz CT molecular complexity index is 483. The minimum atomic E-state index is 0.344. The third-order valence-corrected chi connectivity index (χ3v) is 4.84. The second-order valence-corrected chi connectivity index (χ2v) is 6.88. The summed E-state index contributed by atoms with van der Waals surface area (Å²) in [6.45, 7) is 9.20. The van der Waals surface area contributed by atoms with Gasteiger partial charge in [0.1, 0.15) is 0 Å². The number of anilines is 1. The number of piperazine rings is 1. The highest BCUT2D eigenvalue weighted by Gasteiger charge is 2.26. The lowest BCUT2D eigenvalue weighted by Crippen LogP contribution is -2.53. The van der Waals surface area contributed by atoms with E-state index in [-0.39, 0.29) is 0 Å². The van der Waals surface area contributed by atoms with E-state index in [1.54, 1.807) is 0 Å². The lowest BCUT2D eigenvalue weighted by Gasteiger charge is -2.41. The van der Waals surface area contributed by atoms with E-state index in [4.69, 9.17) is 0 Å². The fourth-order valence-electron chi connectivity index (χ4n) is 3.34. The van der Waals surface area contributed by atoms with Crippen LogP contribution in [0.3, 0.4) is 0 Å². The van der Waals surface area contributed by atoms with Gasteiger partial charge in [0.15, 0.2) is 0 Å². The second kappa shape index (κ2) is 8.95. The van der Waals surface area contributed by atoms with Gasteiger partial charge in [-0.1, -0.05) is 50.3 Å². The SMILES string of the molecule is CCCCCCCC(=O)N1CCN(c2ccc(C)cc2)[C@@H](C)C1. The Kier molecular flexibility index (Phi) is 6.94. The summed E-state index contributed by atoms with van der Waals surface area (Å²) >= 11 is 0. The number of nitrogens with zero attached hydrogens (tertiary/aromatic N) is 2. The summed E-state index contributed by atoms with van der Waals surface area (Å²) in [5.41, 5.74) is 2.56. The second-order valence-electron chi connectivity index (χ2n) is 6.88. The Labute approximate surface area is 141 Å². The van der Waals surface area contributed by atoms with Crippen LogP contribution >= 0.6 is 0 Å². The Hall–Kier alpha value is -1.51. The number of hydrogen-bond donors (Lipinski definition) is 0. The third kappa shape index (κ3) is 5.26. The van der Waals surface area contributed by atoms with Gasteiger partial charge in [0.05, 0.1) is 0 Å². The summed E-state index contributed by atoms with van der Waals surface area (Å²) in [5, 5.41) is 0. The highest BCUT2D eigenvalue weighted by atomic mass is 16.2. The van der Waals surface area contributed by atoms with Crippen molar-refractivity contribution in [2.24, 2.45) is 0 Å². The zero-order valence-electron chi connectivity index (χ0n) is 15.1. The zero-order valence-corrected chi connectivity index (χ0v) is 15.1. The standard InChI is InChI=1S/C20H32N2O/c1-4-5-6-7-8-9-20(23)21-14-15-22(18(3)16-21)19-12-10-17(2)11-13-19/h10-13,18H,4-9,14-16H2,1-3H3/t18-/m0/s1. The molecule has 1 atom stereocenters. The summed E-state index contributed by atoms with van der Waals surface area (Å²) in [6.07, 6.45) is 6.78. The van der Waals surface area contributed by atoms with Crippen LogP contribution in [-0.2, 0) is 4.79 Å². The van der Waals surface area contributed by atoms with Crippen LogP contribution in [0.25, 0.3) is 0 Å². The molecule has 0 saturated carbocycles. The van der Waals surface area contributed by atoms with Crippen molar-refractivity contribution in [1.82, 2.24) is 4.90 Å². The van der Waals surface area contributed by atoms with Crippen molar-refractivity contribution in [3.8, 4) is 0 Å². The number of unbranched alkanes of at least 4 members (excludes halogenated alkanes) is 4. The van der Waals surface area contributed by atoms with Gasteiger partial charge in [0.25, 0.3) is 0 Å². The largest absolute Gasteiger partial charge is 0.365 e. The van der Waals surface area contributed by atoms with Crippen LogP contribution in [0, 0.1) is 6.92 Å². The Balaban J connectivity index is 1.78. The quantitative estimate of drug-likeness (QED) is 0.696. The molecule has 3 heteroatoms. The Morgan fingerprint density at radius 1 is 1.09 bits per heavy atom. The van der Waals surface area contributed by atoms with Crippen molar-refractivity contribution in [2.45, 2.75) is 65.3 Å². The van der Waals surface area contributed by atoms with Crippen molar-refractivity contribution >= 4 is 11.6 Å². The van der Waals surface area contributed by atoms with E-state index in [0.717, 1.165) is 32.5 Å². The first kappa shape index (κ1) is 17.8. The summed E-state index contributed by atoms with van der Waals surface area (Å²) in [7, 11) is 0. The number of carbonyl (C=O) groups is 1. The van der Waals surface area contributed by atoms with Crippen LogP contribution in [-0.4, -0.2) is 36.5 Å². The van der Waals surface area contributed by atoms with Crippen LogP contribution in [0.5, 0.6) is 0 Å². The fourth-order valence-corrected chi connectivity index (χ4v) is 3.34. The molecule has 1 heterocycles. The molecule has 1 fully saturated rings. The minimum absolute atomic E-state index is 0.344. The van der Waals surface area contributed by atoms with Gasteiger partial charge in [-0.25, -0.2) is 0 Å². The molecule has 1 aliphatic rings. The van der Waals surface area contributed by atoms with E-state index in [2.05, 4.69) is 54.8 Å². The van der Waals surface area contributed by atoms with Crippen LogP contribution < -0.4 is 4.90 Å². The molecular weight excluding hydrogens is 284 g/mol. The Morgan fingerprint density at radius 3 is 2.43 bits per heavy atom. The van der Waals surface area contributed by atoms with Gasteiger partial charge in [0.2, 0.25) is 5.91 Å². The van der Waals surface area contributed by atoms with Crippen molar-refractivity contribution < 1.29 is 4.79 Å². The van der Waals surface area contributed by atoms with Gasteiger partial charge in [-0.2, -0.15) is 0 Å². The number of rotatable bonds is 7. The highest BCUT2D eigenvalue weighted by molar-refractivity contribution is 5.76. The monoisotopic (exact) mass is 316 g/mol. The van der Waals surface area contributed by atoms with Gasteiger partial charge in [0, 0.05) is 37.8 Å². The summed E-state index contributed by atoms with van der Waals surface area (Å²) < 4.78 is 0. The number of amides is 1. The predicted octanol–water partition coefficient (Wildman–Crippen LogP) is 4.39. The van der Waals surface area contributed by atoms with E-state index >= 15 is 0 Å². The van der Waals surface area contributed by atoms with E-state index in [1.165, 1.54) is 36.9 Å². The van der Waals surface area contributed by atoms with E-state index in [0.29, 0.717) is 11.9 Å². The maximum atomic E-state index is 12.4. The van der Waals surface area contributed by atoms with E-state index < -0.39 is 0 Å². The van der Waals surface area contributed by atoms with Crippen LogP contribution in [0.15, 0.2) is 24.3 Å². The van der Waals surface area contributed by atoms with Crippen molar-refractivity contribution in [3.05, 3.63) is 29.8 Å². The van der Waals surface area contributed by atoms with Crippen LogP contribution in [0.1, 0.15) is 57.9 Å². The van der Waals surface area contributed by atoms with Crippen molar-refractivity contribution in [1.29, 1.82) is 0 Å². The molecule has 3 nitrogen and oxygen atoms in total. The first-order chi connectivity index (χ1) is 11.1. The molecule has 1 aromatic carbocycles. The number of aryl methyl sites for hydroxylation is 1. The molecule has 0 unspecified atom stereocenters. The highest BCUT2D eigenvalue weighted by Crippen LogP contribution is 2.21. The molecule has 0 aromatic heterocycles. The molecule has 0 spiro atoms. The lowest BCUT2D eigenvalue weighted by molar-refractivity contribution is -0.132. The molecule has 0 radical (unpaired) electrons. The molecule has 1 saturated heterocycles.